The van der Waals surface area contributed by atoms with Gasteiger partial charge in [0.2, 0.25) is 5.52 Å². The fraction of sp³-hybridized carbons (Fsp3) is 0.348. The summed E-state index contributed by atoms with van der Waals surface area (Å²) in [5.74, 6) is -0.486. The number of nitro groups is 1. The SMILES string of the molecule is CCOC(=O)C(C)(C)C(Cn1cc(CNc2ccc([N+](=O)[O-])c3nonc23)nn1)c1ccccc1. The highest BCUT2D eigenvalue weighted by Gasteiger charge is 2.39. The smallest absolute Gasteiger partial charge is 0.312 e. The van der Waals surface area contributed by atoms with Crippen LogP contribution in [-0.2, 0) is 22.6 Å². The summed E-state index contributed by atoms with van der Waals surface area (Å²) in [5, 5.41) is 30.2. The maximum absolute atomic E-state index is 12.7. The monoisotopic (exact) mass is 479 g/mol. The molecule has 0 amide bonds. The normalized spacial score (nSPS) is 12.4. The Balaban J connectivity index is 1.52. The van der Waals surface area contributed by atoms with E-state index in [4.69, 9.17) is 9.37 Å². The number of nitro benzene ring substituents is 1. The molecule has 0 spiro atoms. The second-order valence-electron chi connectivity index (χ2n) is 8.54. The Morgan fingerprint density at radius 2 is 1.94 bits per heavy atom. The van der Waals surface area contributed by atoms with Gasteiger partial charge in [0.1, 0.15) is 5.69 Å². The molecule has 0 saturated heterocycles. The molecule has 0 radical (unpaired) electrons. The van der Waals surface area contributed by atoms with Gasteiger partial charge in [-0.25, -0.2) is 4.63 Å². The van der Waals surface area contributed by atoms with E-state index in [1.54, 1.807) is 23.9 Å². The molecule has 4 aromatic rings. The molecule has 0 aliphatic carbocycles. The van der Waals surface area contributed by atoms with Crippen LogP contribution in [0.4, 0.5) is 11.4 Å². The highest BCUT2D eigenvalue weighted by atomic mass is 16.6. The van der Waals surface area contributed by atoms with Crippen LogP contribution < -0.4 is 5.32 Å². The van der Waals surface area contributed by atoms with Crippen LogP contribution in [0.15, 0.2) is 53.3 Å². The molecule has 12 heteroatoms. The molecule has 0 aliphatic heterocycles. The number of carbonyl (C=O) groups excluding carboxylic acids is 1. The van der Waals surface area contributed by atoms with E-state index in [2.05, 4.69) is 25.9 Å². The number of rotatable bonds is 10. The van der Waals surface area contributed by atoms with E-state index in [-0.39, 0.29) is 35.2 Å². The molecule has 0 fully saturated rings. The van der Waals surface area contributed by atoms with Crippen LogP contribution in [0.1, 0.15) is 37.9 Å². The first-order chi connectivity index (χ1) is 16.8. The molecule has 35 heavy (non-hydrogen) atoms. The summed E-state index contributed by atoms with van der Waals surface area (Å²) < 4.78 is 11.7. The number of nitrogens with zero attached hydrogens (tertiary/aromatic N) is 6. The number of non-ortho nitro benzene ring substituents is 1. The Kier molecular flexibility index (Phi) is 6.71. The van der Waals surface area contributed by atoms with Gasteiger partial charge in [-0.05, 0) is 42.7 Å². The van der Waals surface area contributed by atoms with Gasteiger partial charge in [-0.2, -0.15) is 0 Å². The van der Waals surface area contributed by atoms with Crippen molar-refractivity contribution in [1.29, 1.82) is 0 Å². The summed E-state index contributed by atoms with van der Waals surface area (Å²) in [7, 11) is 0. The highest BCUT2D eigenvalue weighted by Crippen LogP contribution is 2.38. The lowest BCUT2D eigenvalue weighted by Gasteiger charge is -2.32. The average molecular weight is 479 g/mol. The summed E-state index contributed by atoms with van der Waals surface area (Å²) in [6.07, 6.45) is 1.79. The molecule has 0 bridgehead atoms. The van der Waals surface area contributed by atoms with Crippen molar-refractivity contribution >= 4 is 28.4 Å². The molecule has 182 valence electrons. The third-order valence-electron chi connectivity index (χ3n) is 5.88. The van der Waals surface area contributed by atoms with E-state index in [0.29, 0.717) is 24.5 Å². The second kappa shape index (κ2) is 9.87. The van der Waals surface area contributed by atoms with E-state index in [9.17, 15) is 14.9 Å². The highest BCUT2D eigenvalue weighted by molar-refractivity contribution is 5.93. The Morgan fingerprint density at radius 3 is 2.66 bits per heavy atom. The van der Waals surface area contributed by atoms with E-state index in [0.717, 1.165) is 5.56 Å². The van der Waals surface area contributed by atoms with Gasteiger partial charge < -0.3 is 10.1 Å². The maximum atomic E-state index is 12.7. The quantitative estimate of drug-likeness (QED) is 0.202. The molecule has 1 N–H and O–H groups in total. The van der Waals surface area contributed by atoms with Crippen molar-refractivity contribution in [2.75, 3.05) is 11.9 Å². The zero-order valence-electron chi connectivity index (χ0n) is 19.5. The summed E-state index contributed by atoms with van der Waals surface area (Å²) in [6.45, 7) is 6.53. The lowest BCUT2D eigenvalue weighted by Crippen LogP contribution is -2.35. The van der Waals surface area contributed by atoms with Crippen LogP contribution in [0.25, 0.3) is 11.0 Å². The molecular formula is C23H25N7O5. The van der Waals surface area contributed by atoms with Crippen molar-refractivity contribution in [2.45, 2.75) is 39.8 Å². The first kappa shape index (κ1) is 23.8. The van der Waals surface area contributed by atoms with Gasteiger partial charge in [-0.1, -0.05) is 35.5 Å². The van der Waals surface area contributed by atoms with E-state index >= 15 is 0 Å². The van der Waals surface area contributed by atoms with Gasteiger partial charge in [0, 0.05) is 12.0 Å². The number of esters is 1. The Labute approximate surface area is 200 Å². The van der Waals surface area contributed by atoms with E-state index in [1.807, 2.05) is 44.2 Å². The molecule has 4 rings (SSSR count). The van der Waals surface area contributed by atoms with Crippen molar-refractivity contribution in [1.82, 2.24) is 25.3 Å². The van der Waals surface area contributed by atoms with Crippen molar-refractivity contribution in [3.63, 3.8) is 0 Å². The standard InChI is InChI=1S/C23H25N7O5/c1-4-34-22(31)23(2,3)17(15-8-6-5-7-9-15)14-29-13-16(25-28-29)12-24-18-10-11-19(30(32)33)21-20(18)26-35-27-21/h5-11,13,17,24H,4,12,14H2,1-3H3. The predicted molar refractivity (Wildman–Crippen MR) is 125 cm³/mol. The number of ether oxygens (including phenoxy) is 1. The van der Waals surface area contributed by atoms with Crippen molar-refractivity contribution < 1.29 is 19.1 Å². The third kappa shape index (κ3) is 4.95. The molecule has 2 aromatic carbocycles. The van der Waals surface area contributed by atoms with Gasteiger partial charge in [-0.15, -0.1) is 5.10 Å². The molecule has 1 unspecified atom stereocenters. The zero-order valence-corrected chi connectivity index (χ0v) is 19.5. The third-order valence-corrected chi connectivity index (χ3v) is 5.88. The number of benzene rings is 2. The topological polar surface area (TPSA) is 151 Å². The maximum Gasteiger partial charge on any atom is 0.312 e. The minimum Gasteiger partial charge on any atom is -0.466 e. The van der Waals surface area contributed by atoms with Gasteiger partial charge in [-0.3, -0.25) is 19.6 Å². The fourth-order valence-corrected chi connectivity index (χ4v) is 3.92. The molecular weight excluding hydrogens is 454 g/mol. The minimum atomic E-state index is -0.800. The lowest BCUT2D eigenvalue weighted by atomic mass is 9.74. The number of anilines is 1. The van der Waals surface area contributed by atoms with Crippen molar-refractivity contribution in [3.8, 4) is 0 Å². The average Bonchev–Trinajstić information content (AvgIpc) is 3.51. The van der Waals surface area contributed by atoms with E-state index < -0.39 is 10.3 Å². The summed E-state index contributed by atoms with van der Waals surface area (Å²) in [5.41, 5.74) is 1.48. The number of nitrogens with one attached hydrogen (secondary N) is 1. The Morgan fingerprint density at radius 1 is 1.20 bits per heavy atom. The summed E-state index contributed by atoms with van der Waals surface area (Å²) >= 11 is 0. The number of carbonyl (C=O) groups is 1. The predicted octanol–water partition coefficient (Wildman–Crippen LogP) is 3.71. The molecule has 2 aromatic heterocycles. The van der Waals surface area contributed by atoms with E-state index in [1.165, 1.54) is 6.07 Å². The summed E-state index contributed by atoms with van der Waals surface area (Å²) in [6, 6.07) is 12.6. The largest absolute Gasteiger partial charge is 0.466 e. The van der Waals surface area contributed by atoms with Crippen molar-refractivity contribution in [2.24, 2.45) is 5.41 Å². The lowest BCUT2D eigenvalue weighted by molar-refractivity contribution is -0.383. The van der Waals surface area contributed by atoms with Crippen molar-refractivity contribution in [3.05, 3.63) is 70.0 Å². The minimum absolute atomic E-state index is 0.0653. The second-order valence-corrected chi connectivity index (χ2v) is 8.54. The molecule has 0 aliphatic rings. The first-order valence-corrected chi connectivity index (χ1v) is 11.1. The van der Waals surface area contributed by atoms with Crippen LogP contribution >= 0.6 is 0 Å². The summed E-state index contributed by atoms with van der Waals surface area (Å²) in [4.78, 5) is 23.4. The molecule has 0 saturated carbocycles. The first-order valence-electron chi connectivity index (χ1n) is 11.1. The van der Waals surface area contributed by atoms with Crippen LogP contribution in [0.5, 0.6) is 0 Å². The molecule has 2 heterocycles. The number of fused-ring (bicyclic) bond motifs is 1. The van der Waals surface area contributed by atoms with Crippen LogP contribution in [0, 0.1) is 15.5 Å². The number of hydrogen-bond donors (Lipinski definition) is 1. The van der Waals surface area contributed by atoms with Crippen LogP contribution in [0.3, 0.4) is 0 Å². The number of aromatic nitrogens is 5. The fourth-order valence-electron chi connectivity index (χ4n) is 3.92. The molecule has 12 nitrogen and oxygen atoms in total. The van der Waals surface area contributed by atoms with Gasteiger partial charge in [0.05, 0.1) is 41.9 Å². The van der Waals surface area contributed by atoms with Gasteiger partial charge in [0.15, 0.2) is 5.52 Å². The van der Waals surface area contributed by atoms with Gasteiger partial charge >= 0.3 is 11.7 Å². The Hall–Kier alpha value is -4.35. The van der Waals surface area contributed by atoms with Crippen LogP contribution in [-0.4, -0.2) is 42.8 Å². The van der Waals surface area contributed by atoms with Crippen LogP contribution in [0.2, 0.25) is 0 Å². The zero-order chi connectivity index (χ0) is 25.0. The van der Waals surface area contributed by atoms with Gasteiger partial charge in [0.25, 0.3) is 0 Å². The number of hydrogen-bond acceptors (Lipinski definition) is 10. The Bertz CT molecular complexity index is 1330. The molecule has 1 atom stereocenters.